The zero-order valence-electron chi connectivity index (χ0n) is 14.6. The van der Waals surface area contributed by atoms with Crippen LogP contribution in [0.1, 0.15) is 44.9 Å². The van der Waals surface area contributed by atoms with Crippen molar-refractivity contribution in [2.75, 3.05) is 7.11 Å². The molecule has 0 aliphatic rings. The number of carbonyl (C=O) groups is 3. The number of hydrogen-bond acceptors (Lipinski definition) is 5. The van der Waals surface area contributed by atoms with Crippen LogP contribution < -0.4 is 4.74 Å². The van der Waals surface area contributed by atoms with Gasteiger partial charge in [0.2, 0.25) is 17.6 Å². The summed E-state index contributed by atoms with van der Waals surface area (Å²) in [6.45, 7) is 2.69. The Kier molecular flexibility index (Phi) is 4.34. The summed E-state index contributed by atoms with van der Waals surface area (Å²) in [6.07, 6.45) is 0. The van der Waals surface area contributed by atoms with Crippen LogP contribution in [0, 0.1) is 0 Å². The van der Waals surface area contributed by atoms with Gasteiger partial charge in [-0.2, -0.15) is 0 Å². The minimum absolute atomic E-state index is 0.0391. The summed E-state index contributed by atoms with van der Waals surface area (Å²) in [5.74, 6) is -1.22. The third-order valence-electron chi connectivity index (χ3n) is 4.24. The van der Waals surface area contributed by atoms with Gasteiger partial charge in [0.25, 0.3) is 0 Å². The van der Waals surface area contributed by atoms with E-state index in [1.807, 2.05) is 0 Å². The van der Waals surface area contributed by atoms with Crippen LogP contribution in [0.5, 0.6) is 11.6 Å². The molecule has 0 radical (unpaired) electrons. The third kappa shape index (κ3) is 2.65. The van der Waals surface area contributed by atoms with Gasteiger partial charge < -0.3 is 9.84 Å². The number of benzene rings is 2. The molecule has 0 aliphatic heterocycles. The minimum atomic E-state index is -0.495. The van der Waals surface area contributed by atoms with Crippen LogP contribution >= 0.6 is 0 Å². The Morgan fingerprint density at radius 1 is 1.04 bits per heavy atom. The standard InChI is InChI=1S/C20H17NO5/c1-11(22)13-8-9-16-15(10-13)18(20(25)21(16)12(2)23)19(24)14-6-4-5-7-17(14)26-3/h4-10,25H,1-3H3. The minimum Gasteiger partial charge on any atom is -0.496 e. The molecule has 6 heteroatoms. The lowest BCUT2D eigenvalue weighted by Crippen LogP contribution is -2.06. The molecule has 0 amide bonds. The monoisotopic (exact) mass is 351 g/mol. The van der Waals surface area contributed by atoms with Crippen molar-refractivity contribution in [2.24, 2.45) is 0 Å². The zero-order valence-corrected chi connectivity index (χ0v) is 14.6. The Morgan fingerprint density at radius 2 is 1.73 bits per heavy atom. The van der Waals surface area contributed by atoms with Crippen LogP contribution in [0.15, 0.2) is 42.5 Å². The lowest BCUT2D eigenvalue weighted by atomic mass is 9.99. The van der Waals surface area contributed by atoms with Gasteiger partial charge in [-0.25, -0.2) is 0 Å². The van der Waals surface area contributed by atoms with Gasteiger partial charge in [0.05, 0.1) is 23.8 Å². The summed E-state index contributed by atoms with van der Waals surface area (Å²) >= 11 is 0. The summed E-state index contributed by atoms with van der Waals surface area (Å²) in [5, 5.41) is 10.9. The van der Waals surface area contributed by atoms with Crippen molar-refractivity contribution in [3.05, 3.63) is 59.2 Å². The predicted octanol–water partition coefficient (Wildman–Crippen LogP) is 3.45. The van der Waals surface area contributed by atoms with Gasteiger partial charge in [-0.3, -0.25) is 19.0 Å². The quantitative estimate of drug-likeness (QED) is 0.728. The van der Waals surface area contributed by atoms with E-state index in [0.29, 0.717) is 22.2 Å². The number of fused-ring (bicyclic) bond motifs is 1. The molecule has 0 fully saturated rings. The second-order valence-electron chi connectivity index (χ2n) is 5.87. The SMILES string of the molecule is COc1ccccc1C(=O)c1c(O)n(C(C)=O)c2ccc(C(C)=O)cc12. The first-order valence-electron chi connectivity index (χ1n) is 7.93. The summed E-state index contributed by atoms with van der Waals surface area (Å²) in [6, 6.07) is 11.2. The van der Waals surface area contributed by atoms with Gasteiger partial charge in [0.15, 0.2) is 5.78 Å². The van der Waals surface area contributed by atoms with Crippen molar-refractivity contribution in [1.29, 1.82) is 0 Å². The fourth-order valence-corrected chi connectivity index (χ4v) is 3.01. The number of nitrogens with zero attached hydrogens (tertiary/aromatic N) is 1. The maximum Gasteiger partial charge on any atom is 0.230 e. The Hall–Kier alpha value is -3.41. The van der Waals surface area contributed by atoms with Crippen LogP contribution in [-0.4, -0.2) is 34.3 Å². The van der Waals surface area contributed by atoms with E-state index in [0.717, 1.165) is 4.57 Å². The van der Waals surface area contributed by atoms with Crippen molar-refractivity contribution >= 4 is 28.4 Å². The first kappa shape index (κ1) is 17.4. The molecule has 1 heterocycles. The molecule has 1 N–H and O–H groups in total. The number of hydrogen-bond donors (Lipinski definition) is 1. The molecule has 0 atom stereocenters. The highest BCUT2D eigenvalue weighted by atomic mass is 16.5. The average Bonchev–Trinajstić information content (AvgIpc) is 2.92. The second-order valence-corrected chi connectivity index (χ2v) is 5.87. The number of aromatic hydroxyl groups is 1. The lowest BCUT2D eigenvalue weighted by Gasteiger charge is -2.07. The molecule has 0 aliphatic carbocycles. The zero-order chi connectivity index (χ0) is 19.0. The molecular formula is C20H17NO5. The lowest BCUT2D eigenvalue weighted by molar-refractivity contribution is 0.0932. The molecule has 2 aromatic carbocycles. The fourth-order valence-electron chi connectivity index (χ4n) is 3.01. The van der Waals surface area contributed by atoms with E-state index in [1.54, 1.807) is 36.4 Å². The molecule has 0 saturated carbocycles. The van der Waals surface area contributed by atoms with Crippen molar-refractivity contribution in [3.63, 3.8) is 0 Å². The normalized spacial score (nSPS) is 10.7. The molecule has 0 bridgehead atoms. The number of ether oxygens (including phenoxy) is 1. The summed E-state index contributed by atoms with van der Waals surface area (Å²) in [7, 11) is 1.44. The second kappa shape index (κ2) is 6.48. The number of carbonyl (C=O) groups excluding carboxylic acids is 3. The number of methoxy groups -OCH3 is 1. The van der Waals surface area contributed by atoms with Crippen LogP contribution in [0.3, 0.4) is 0 Å². The van der Waals surface area contributed by atoms with Crippen LogP contribution in [0.25, 0.3) is 10.9 Å². The molecule has 0 spiro atoms. The summed E-state index contributed by atoms with van der Waals surface area (Å²) < 4.78 is 6.28. The fraction of sp³-hybridized carbons (Fsp3) is 0.150. The number of Topliss-reactive ketones (excluding diaryl/α,β-unsaturated/α-hetero) is 1. The van der Waals surface area contributed by atoms with Gasteiger partial charge in [0, 0.05) is 17.9 Å². The molecular weight excluding hydrogens is 334 g/mol. The highest BCUT2D eigenvalue weighted by molar-refractivity contribution is 6.21. The maximum absolute atomic E-state index is 13.1. The van der Waals surface area contributed by atoms with Gasteiger partial charge in [-0.1, -0.05) is 12.1 Å². The van der Waals surface area contributed by atoms with Gasteiger partial charge in [0.1, 0.15) is 5.75 Å². The molecule has 26 heavy (non-hydrogen) atoms. The van der Waals surface area contributed by atoms with E-state index >= 15 is 0 Å². The maximum atomic E-state index is 13.1. The topological polar surface area (TPSA) is 85.6 Å². The number of ketones is 2. The first-order valence-corrected chi connectivity index (χ1v) is 7.93. The average molecular weight is 351 g/mol. The van der Waals surface area contributed by atoms with E-state index < -0.39 is 17.6 Å². The van der Waals surface area contributed by atoms with E-state index in [4.69, 9.17) is 4.74 Å². The Labute approximate surface area is 149 Å². The van der Waals surface area contributed by atoms with Crippen LogP contribution in [0.2, 0.25) is 0 Å². The number of rotatable bonds is 4. The van der Waals surface area contributed by atoms with Crippen LogP contribution in [-0.2, 0) is 0 Å². The largest absolute Gasteiger partial charge is 0.496 e. The Morgan fingerprint density at radius 3 is 2.35 bits per heavy atom. The summed E-state index contributed by atoms with van der Waals surface area (Å²) in [5.41, 5.74) is 0.953. The molecule has 0 saturated heterocycles. The molecule has 6 nitrogen and oxygen atoms in total. The van der Waals surface area contributed by atoms with E-state index in [-0.39, 0.29) is 16.9 Å². The van der Waals surface area contributed by atoms with Crippen molar-refractivity contribution < 1.29 is 24.2 Å². The molecule has 1 aromatic heterocycles. The van der Waals surface area contributed by atoms with Gasteiger partial charge in [-0.05, 0) is 37.3 Å². The van der Waals surface area contributed by atoms with Crippen molar-refractivity contribution in [1.82, 2.24) is 4.57 Å². The van der Waals surface area contributed by atoms with Gasteiger partial charge >= 0.3 is 0 Å². The highest BCUT2D eigenvalue weighted by Crippen LogP contribution is 2.35. The third-order valence-corrected chi connectivity index (χ3v) is 4.24. The highest BCUT2D eigenvalue weighted by Gasteiger charge is 2.27. The van der Waals surface area contributed by atoms with Gasteiger partial charge in [-0.15, -0.1) is 0 Å². The number of aromatic nitrogens is 1. The predicted molar refractivity (Wildman–Crippen MR) is 96.3 cm³/mol. The molecule has 0 unspecified atom stereocenters. The molecule has 132 valence electrons. The van der Waals surface area contributed by atoms with Crippen molar-refractivity contribution in [2.45, 2.75) is 13.8 Å². The summed E-state index contributed by atoms with van der Waals surface area (Å²) in [4.78, 5) is 36.8. The van der Waals surface area contributed by atoms with Crippen molar-refractivity contribution in [3.8, 4) is 11.6 Å². The smallest absolute Gasteiger partial charge is 0.230 e. The van der Waals surface area contributed by atoms with E-state index in [2.05, 4.69) is 0 Å². The molecule has 3 aromatic rings. The Balaban J connectivity index is 2.35. The first-order chi connectivity index (χ1) is 12.4. The number of para-hydroxylation sites is 1. The molecule has 3 rings (SSSR count). The van der Waals surface area contributed by atoms with E-state index in [1.165, 1.54) is 27.0 Å². The van der Waals surface area contributed by atoms with Crippen LogP contribution in [0.4, 0.5) is 0 Å². The Bertz CT molecular complexity index is 1060. The van der Waals surface area contributed by atoms with E-state index in [9.17, 15) is 19.5 Å².